The first kappa shape index (κ1) is 12.5. The third-order valence-electron chi connectivity index (χ3n) is 6.60. The predicted octanol–water partition coefficient (Wildman–Crippen LogP) is 2.50. The molecule has 5 rings (SSSR count). The van der Waals surface area contributed by atoms with Gasteiger partial charge in [-0.05, 0) is 66.7 Å². The normalized spacial score (nSPS) is 48.4. The van der Waals surface area contributed by atoms with Crippen LogP contribution in [0.2, 0.25) is 0 Å². The van der Waals surface area contributed by atoms with Crippen molar-refractivity contribution in [1.29, 1.82) is 0 Å². The standard InChI is InChI=1S/C15H25NO2/c1-14(2)6-10-11-4-3-9(14)5-12(10)15(11,8-16)7-13(17)18/h9-12H,3-8,16H2,1-2H3,(H,17,18). The monoisotopic (exact) mass is 251 g/mol. The Labute approximate surface area is 109 Å². The van der Waals surface area contributed by atoms with E-state index in [1.807, 2.05) is 0 Å². The Bertz CT molecular complexity index is 371. The fourth-order valence-corrected chi connectivity index (χ4v) is 5.69. The molecule has 0 heterocycles. The number of nitrogens with two attached hydrogens (primary N) is 1. The molecule has 0 saturated heterocycles. The van der Waals surface area contributed by atoms with Crippen LogP contribution in [0.4, 0.5) is 0 Å². The minimum atomic E-state index is -0.660. The molecular formula is C15H25NO2. The summed E-state index contributed by atoms with van der Waals surface area (Å²) >= 11 is 0. The summed E-state index contributed by atoms with van der Waals surface area (Å²) in [5.41, 5.74) is 6.40. The smallest absolute Gasteiger partial charge is 0.303 e. The first-order valence-corrected chi connectivity index (χ1v) is 7.32. The van der Waals surface area contributed by atoms with Gasteiger partial charge < -0.3 is 10.8 Å². The minimum absolute atomic E-state index is 0.0677. The molecule has 0 aromatic rings. The Hall–Kier alpha value is -0.570. The SMILES string of the molecule is CC1(C)CC2C3CCC1CC2C3(CN)CC(=O)O. The van der Waals surface area contributed by atoms with E-state index in [2.05, 4.69) is 13.8 Å². The summed E-state index contributed by atoms with van der Waals surface area (Å²) in [6.45, 7) is 5.37. The molecular weight excluding hydrogens is 226 g/mol. The Kier molecular flexibility index (Phi) is 2.58. The number of carboxylic acids is 1. The van der Waals surface area contributed by atoms with E-state index in [9.17, 15) is 9.90 Å². The molecule has 5 aliphatic carbocycles. The lowest BCUT2D eigenvalue weighted by molar-refractivity contribution is -0.175. The molecule has 5 unspecified atom stereocenters. The van der Waals surface area contributed by atoms with Crippen molar-refractivity contribution in [2.24, 2.45) is 40.2 Å². The van der Waals surface area contributed by atoms with Crippen molar-refractivity contribution in [1.82, 2.24) is 0 Å². The molecule has 5 saturated carbocycles. The Morgan fingerprint density at radius 2 is 2.06 bits per heavy atom. The summed E-state index contributed by atoms with van der Waals surface area (Å²) in [6, 6.07) is 0. The molecule has 3 N–H and O–H groups in total. The van der Waals surface area contributed by atoms with E-state index in [0.29, 0.717) is 30.2 Å². The highest BCUT2D eigenvalue weighted by Crippen LogP contribution is 2.71. The molecule has 0 radical (unpaired) electrons. The van der Waals surface area contributed by atoms with E-state index in [0.717, 1.165) is 11.8 Å². The highest BCUT2D eigenvalue weighted by molar-refractivity contribution is 5.68. The Morgan fingerprint density at radius 1 is 1.33 bits per heavy atom. The Morgan fingerprint density at radius 3 is 2.67 bits per heavy atom. The van der Waals surface area contributed by atoms with E-state index in [1.165, 1.54) is 25.7 Å². The maximum absolute atomic E-state index is 11.2. The number of hydrogen-bond acceptors (Lipinski definition) is 2. The topological polar surface area (TPSA) is 63.3 Å². The van der Waals surface area contributed by atoms with E-state index in [4.69, 9.17) is 5.73 Å². The van der Waals surface area contributed by atoms with Crippen molar-refractivity contribution < 1.29 is 9.90 Å². The first-order valence-electron chi connectivity index (χ1n) is 7.32. The van der Waals surface area contributed by atoms with Crippen molar-refractivity contribution in [2.45, 2.75) is 46.0 Å². The van der Waals surface area contributed by atoms with Crippen LogP contribution in [0.25, 0.3) is 0 Å². The summed E-state index contributed by atoms with van der Waals surface area (Å²) < 4.78 is 0. The summed E-state index contributed by atoms with van der Waals surface area (Å²) in [7, 11) is 0. The second-order valence-corrected chi connectivity index (χ2v) is 7.59. The number of rotatable bonds is 3. The second kappa shape index (κ2) is 3.72. The van der Waals surface area contributed by atoms with Gasteiger partial charge in [0, 0.05) is 0 Å². The fourth-order valence-electron chi connectivity index (χ4n) is 5.69. The van der Waals surface area contributed by atoms with Crippen LogP contribution in [0, 0.1) is 34.5 Å². The van der Waals surface area contributed by atoms with Crippen molar-refractivity contribution in [3.05, 3.63) is 0 Å². The zero-order valence-corrected chi connectivity index (χ0v) is 11.5. The maximum atomic E-state index is 11.2. The van der Waals surface area contributed by atoms with Gasteiger partial charge in [0.1, 0.15) is 0 Å². The van der Waals surface area contributed by atoms with Crippen LogP contribution in [0.1, 0.15) is 46.0 Å². The highest BCUT2D eigenvalue weighted by Gasteiger charge is 2.66. The van der Waals surface area contributed by atoms with Gasteiger partial charge in [0.05, 0.1) is 6.42 Å². The number of hydrogen-bond donors (Lipinski definition) is 2. The quantitative estimate of drug-likeness (QED) is 0.810. The molecule has 0 aromatic heterocycles. The zero-order valence-electron chi connectivity index (χ0n) is 11.5. The molecule has 3 heteroatoms. The lowest BCUT2D eigenvalue weighted by Gasteiger charge is -2.64. The molecule has 0 aromatic carbocycles. The fraction of sp³-hybridized carbons (Fsp3) is 0.933. The number of aliphatic carboxylic acids is 1. The minimum Gasteiger partial charge on any atom is -0.481 e. The van der Waals surface area contributed by atoms with Crippen molar-refractivity contribution in [2.75, 3.05) is 6.54 Å². The lowest BCUT2D eigenvalue weighted by atomic mass is 9.40. The summed E-state index contributed by atoms with van der Waals surface area (Å²) in [4.78, 5) is 11.2. The third-order valence-corrected chi connectivity index (χ3v) is 6.60. The summed E-state index contributed by atoms with van der Waals surface area (Å²) in [6.07, 6.45) is 5.29. The van der Waals surface area contributed by atoms with Crippen LogP contribution >= 0.6 is 0 Å². The molecule has 0 amide bonds. The van der Waals surface area contributed by atoms with Gasteiger partial charge in [-0.3, -0.25) is 4.79 Å². The van der Waals surface area contributed by atoms with E-state index in [1.54, 1.807) is 0 Å². The lowest BCUT2D eigenvalue weighted by Crippen LogP contribution is -2.62. The number of carboxylic acid groups (broad SMARTS) is 1. The molecule has 3 nitrogen and oxygen atoms in total. The highest BCUT2D eigenvalue weighted by atomic mass is 16.4. The van der Waals surface area contributed by atoms with Crippen LogP contribution in [0.5, 0.6) is 0 Å². The van der Waals surface area contributed by atoms with E-state index < -0.39 is 5.97 Å². The molecule has 102 valence electrons. The largest absolute Gasteiger partial charge is 0.481 e. The average Bonchev–Trinajstić information content (AvgIpc) is 2.61. The van der Waals surface area contributed by atoms with Crippen LogP contribution in [-0.2, 0) is 4.79 Å². The molecule has 5 aliphatic rings. The van der Waals surface area contributed by atoms with Gasteiger partial charge in [-0.25, -0.2) is 0 Å². The van der Waals surface area contributed by atoms with E-state index >= 15 is 0 Å². The molecule has 18 heavy (non-hydrogen) atoms. The van der Waals surface area contributed by atoms with Crippen molar-refractivity contribution in [3.63, 3.8) is 0 Å². The van der Waals surface area contributed by atoms with E-state index in [-0.39, 0.29) is 5.41 Å². The van der Waals surface area contributed by atoms with Gasteiger partial charge in [-0.2, -0.15) is 0 Å². The third kappa shape index (κ3) is 1.43. The van der Waals surface area contributed by atoms with Crippen molar-refractivity contribution in [3.8, 4) is 0 Å². The number of carbonyl (C=O) groups is 1. The van der Waals surface area contributed by atoms with Crippen LogP contribution in [0.3, 0.4) is 0 Å². The van der Waals surface area contributed by atoms with Crippen LogP contribution in [0.15, 0.2) is 0 Å². The van der Waals surface area contributed by atoms with Crippen molar-refractivity contribution >= 4 is 5.97 Å². The van der Waals surface area contributed by atoms with Crippen LogP contribution in [-0.4, -0.2) is 17.6 Å². The van der Waals surface area contributed by atoms with Crippen LogP contribution < -0.4 is 5.73 Å². The molecule has 4 bridgehead atoms. The predicted molar refractivity (Wildman–Crippen MR) is 69.9 cm³/mol. The molecule has 0 spiro atoms. The second-order valence-electron chi connectivity index (χ2n) is 7.59. The van der Waals surface area contributed by atoms with Gasteiger partial charge in [-0.15, -0.1) is 0 Å². The molecule has 5 atom stereocenters. The summed E-state index contributed by atoms with van der Waals surface area (Å²) in [5.74, 6) is 2.04. The maximum Gasteiger partial charge on any atom is 0.303 e. The number of fused-ring (bicyclic) bond motifs is 1. The van der Waals surface area contributed by atoms with Gasteiger partial charge in [0.25, 0.3) is 0 Å². The van der Waals surface area contributed by atoms with Gasteiger partial charge in [0.15, 0.2) is 0 Å². The van der Waals surface area contributed by atoms with Gasteiger partial charge in [-0.1, -0.05) is 13.8 Å². The zero-order chi connectivity index (χ0) is 13.1. The average molecular weight is 251 g/mol. The molecule has 0 aliphatic heterocycles. The summed E-state index contributed by atoms with van der Waals surface area (Å²) in [5, 5.41) is 9.21. The Balaban J connectivity index is 1.90. The first-order chi connectivity index (χ1) is 8.40. The van der Waals surface area contributed by atoms with Gasteiger partial charge in [0.2, 0.25) is 0 Å². The molecule has 5 fully saturated rings. The van der Waals surface area contributed by atoms with Gasteiger partial charge >= 0.3 is 5.97 Å².